The molecule has 5 rings (SSSR count). The molecule has 1 unspecified atom stereocenters. The number of rotatable bonds is 5. The predicted octanol–water partition coefficient (Wildman–Crippen LogP) is 7.17. The number of hydrogen-bond donors (Lipinski definition) is 1. The van der Waals surface area contributed by atoms with Crippen molar-refractivity contribution >= 4 is 28.6 Å². The van der Waals surface area contributed by atoms with Crippen LogP contribution in [-0.4, -0.2) is 29.1 Å². The van der Waals surface area contributed by atoms with E-state index in [4.69, 9.17) is 21.1 Å². The Morgan fingerprint density at radius 1 is 1.09 bits per heavy atom. The van der Waals surface area contributed by atoms with Crippen LogP contribution in [0.15, 0.2) is 85.5 Å². The number of H-pyrrole nitrogens is 1. The molecule has 5 nitrogen and oxygen atoms in total. The van der Waals surface area contributed by atoms with Crippen molar-refractivity contribution in [3.05, 3.63) is 107 Å². The number of aromatic nitrogens is 1. The normalized spacial score (nSPS) is 14.7. The van der Waals surface area contributed by atoms with E-state index in [1.807, 2.05) is 60.7 Å². The zero-order valence-electron chi connectivity index (χ0n) is 18.0. The van der Waals surface area contributed by atoms with Crippen LogP contribution >= 0.6 is 11.6 Å². The van der Waals surface area contributed by atoms with Crippen molar-refractivity contribution in [1.82, 2.24) is 9.88 Å². The van der Waals surface area contributed by atoms with E-state index in [2.05, 4.69) is 11.6 Å². The Kier molecular flexibility index (Phi) is 6.94. The molecule has 0 saturated carbocycles. The van der Waals surface area contributed by atoms with Gasteiger partial charge in [-0.1, -0.05) is 62.0 Å². The summed E-state index contributed by atoms with van der Waals surface area (Å²) in [7, 11) is 0. The minimum Gasteiger partial charge on any atom is -0.490 e. The summed E-state index contributed by atoms with van der Waals surface area (Å²) in [6.45, 7) is 4.65. The molecule has 1 aromatic heterocycles. The zero-order valence-corrected chi connectivity index (χ0v) is 18.7. The van der Waals surface area contributed by atoms with Crippen molar-refractivity contribution in [2.45, 2.75) is 19.9 Å². The van der Waals surface area contributed by atoms with Gasteiger partial charge in [0.15, 0.2) is 0 Å². The molecule has 3 aromatic carbocycles. The van der Waals surface area contributed by atoms with Gasteiger partial charge in [-0.25, -0.2) is 4.79 Å². The number of carbonyl (C=O) groups excluding carboxylic acids is 1. The maximum atomic E-state index is 13.3. The maximum absolute atomic E-state index is 13.3. The van der Waals surface area contributed by atoms with E-state index in [-0.39, 0.29) is 19.6 Å². The lowest BCUT2D eigenvalue weighted by molar-refractivity contribution is 0.135. The summed E-state index contributed by atoms with van der Waals surface area (Å²) < 4.78 is 11.3. The standard InChI is InChI=1S/C27H23ClN2O3.CH4/c1-2-16-32-20-11-8-18(9-12-20)26-25-22(23-17-19(28)10-13-24(23)29-25)14-15-30(26)27(31)33-21-6-4-3-5-7-21;/h2-13,17,26,29H,1,14-16H2;1H4. The number of para-hydroxylation sites is 1. The molecular weight excluding hydrogens is 448 g/mol. The number of ether oxygens (including phenoxy) is 2. The summed E-state index contributed by atoms with van der Waals surface area (Å²) in [6, 6.07) is 22.4. The predicted molar refractivity (Wildman–Crippen MR) is 137 cm³/mol. The minimum atomic E-state index is -0.388. The summed E-state index contributed by atoms with van der Waals surface area (Å²) >= 11 is 6.28. The Bertz CT molecular complexity index is 1300. The summed E-state index contributed by atoms with van der Waals surface area (Å²) in [4.78, 5) is 18.6. The van der Waals surface area contributed by atoms with Gasteiger partial charge in [0.1, 0.15) is 24.1 Å². The maximum Gasteiger partial charge on any atom is 0.416 e. The summed E-state index contributed by atoms with van der Waals surface area (Å²) in [5.74, 6) is 1.26. The van der Waals surface area contributed by atoms with Crippen LogP contribution < -0.4 is 9.47 Å². The van der Waals surface area contributed by atoms with Gasteiger partial charge in [0.25, 0.3) is 0 Å². The number of amides is 1. The van der Waals surface area contributed by atoms with E-state index in [9.17, 15) is 4.79 Å². The highest BCUT2D eigenvalue weighted by Gasteiger charge is 2.35. The van der Waals surface area contributed by atoms with Crippen LogP contribution in [0, 0.1) is 0 Å². The van der Waals surface area contributed by atoms with Crippen molar-refractivity contribution in [3.8, 4) is 11.5 Å². The number of nitrogens with one attached hydrogen (secondary N) is 1. The second-order valence-electron chi connectivity index (χ2n) is 7.90. The first-order valence-corrected chi connectivity index (χ1v) is 11.2. The molecule has 2 heterocycles. The Hall–Kier alpha value is -3.70. The lowest BCUT2D eigenvalue weighted by Gasteiger charge is -2.35. The first-order chi connectivity index (χ1) is 16.1. The molecule has 0 bridgehead atoms. The fourth-order valence-electron chi connectivity index (χ4n) is 4.35. The van der Waals surface area contributed by atoms with Gasteiger partial charge in [0.2, 0.25) is 0 Å². The fourth-order valence-corrected chi connectivity index (χ4v) is 4.53. The van der Waals surface area contributed by atoms with Gasteiger partial charge in [-0.05, 0) is 60.0 Å². The Balaban J connectivity index is 0.00000274. The molecule has 1 N–H and O–H groups in total. The first kappa shape index (κ1) is 23.5. The van der Waals surface area contributed by atoms with Crippen LogP contribution in [0.5, 0.6) is 11.5 Å². The first-order valence-electron chi connectivity index (χ1n) is 10.8. The van der Waals surface area contributed by atoms with E-state index >= 15 is 0 Å². The molecule has 0 radical (unpaired) electrons. The van der Waals surface area contributed by atoms with Crippen molar-refractivity contribution in [2.24, 2.45) is 0 Å². The number of halogens is 1. The molecule has 6 heteroatoms. The molecule has 1 atom stereocenters. The second kappa shape index (κ2) is 10.1. The lowest BCUT2D eigenvalue weighted by Crippen LogP contribution is -2.42. The Morgan fingerprint density at radius 3 is 2.59 bits per heavy atom. The number of nitrogens with zero attached hydrogens (tertiary/aromatic N) is 1. The number of benzene rings is 3. The molecule has 34 heavy (non-hydrogen) atoms. The van der Waals surface area contributed by atoms with Crippen LogP contribution in [-0.2, 0) is 6.42 Å². The molecule has 174 valence electrons. The minimum absolute atomic E-state index is 0. The van der Waals surface area contributed by atoms with Crippen molar-refractivity contribution in [1.29, 1.82) is 0 Å². The summed E-state index contributed by atoms with van der Waals surface area (Å²) in [5.41, 5.74) is 4.11. The van der Waals surface area contributed by atoms with Gasteiger partial charge in [0, 0.05) is 28.2 Å². The number of fused-ring (bicyclic) bond motifs is 3. The van der Waals surface area contributed by atoms with Crippen LogP contribution in [0.3, 0.4) is 0 Å². The smallest absolute Gasteiger partial charge is 0.416 e. The lowest BCUT2D eigenvalue weighted by atomic mass is 9.92. The summed E-state index contributed by atoms with van der Waals surface area (Å²) in [5, 5.41) is 1.78. The van der Waals surface area contributed by atoms with Crippen molar-refractivity contribution < 1.29 is 14.3 Å². The molecule has 1 aliphatic heterocycles. The van der Waals surface area contributed by atoms with E-state index in [1.165, 1.54) is 5.56 Å². The van der Waals surface area contributed by atoms with Gasteiger partial charge in [-0.15, -0.1) is 0 Å². The third kappa shape index (κ3) is 4.52. The van der Waals surface area contributed by atoms with E-state index in [0.29, 0.717) is 30.3 Å². The van der Waals surface area contributed by atoms with Gasteiger partial charge in [0.05, 0.1) is 0 Å². The Morgan fingerprint density at radius 2 is 1.85 bits per heavy atom. The zero-order chi connectivity index (χ0) is 22.8. The molecule has 4 aromatic rings. The van der Waals surface area contributed by atoms with Crippen molar-refractivity contribution in [3.63, 3.8) is 0 Å². The van der Waals surface area contributed by atoms with E-state index in [0.717, 1.165) is 27.9 Å². The second-order valence-corrected chi connectivity index (χ2v) is 8.34. The van der Waals surface area contributed by atoms with E-state index in [1.54, 1.807) is 23.1 Å². The van der Waals surface area contributed by atoms with Crippen LogP contribution in [0.2, 0.25) is 5.02 Å². The topological polar surface area (TPSA) is 54.6 Å². The number of aromatic amines is 1. The largest absolute Gasteiger partial charge is 0.490 e. The SMILES string of the molecule is C.C=CCOc1ccc(C2c3[nH]c4ccc(Cl)cc4c3CCN2C(=O)Oc2ccccc2)cc1. The molecule has 0 aliphatic carbocycles. The molecular formula is C28H27ClN2O3. The molecule has 0 saturated heterocycles. The monoisotopic (exact) mass is 474 g/mol. The molecule has 0 spiro atoms. The quantitative estimate of drug-likeness (QED) is 0.312. The third-order valence-corrected chi connectivity index (χ3v) is 6.07. The average Bonchev–Trinajstić information content (AvgIpc) is 3.21. The van der Waals surface area contributed by atoms with Gasteiger partial charge < -0.3 is 14.5 Å². The highest BCUT2D eigenvalue weighted by molar-refractivity contribution is 6.31. The fraction of sp³-hybridized carbons (Fsp3) is 0.179. The van der Waals surface area contributed by atoms with Gasteiger partial charge >= 0.3 is 6.09 Å². The van der Waals surface area contributed by atoms with Crippen molar-refractivity contribution in [2.75, 3.05) is 13.2 Å². The van der Waals surface area contributed by atoms with E-state index < -0.39 is 0 Å². The summed E-state index contributed by atoms with van der Waals surface area (Å²) in [6.07, 6.45) is 2.02. The van der Waals surface area contributed by atoms with Crippen LogP contribution in [0.25, 0.3) is 10.9 Å². The molecule has 1 aliphatic rings. The van der Waals surface area contributed by atoms with Crippen LogP contribution in [0.1, 0.15) is 30.3 Å². The van der Waals surface area contributed by atoms with Gasteiger partial charge in [-0.3, -0.25) is 4.90 Å². The number of hydrogen-bond acceptors (Lipinski definition) is 3. The average molecular weight is 475 g/mol. The molecule has 1 amide bonds. The molecule has 0 fully saturated rings. The highest BCUT2D eigenvalue weighted by Crippen LogP contribution is 2.39. The Labute approximate surface area is 204 Å². The number of carbonyl (C=O) groups is 1. The van der Waals surface area contributed by atoms with Crippen LogP contribution in [0.4, 0.5) is 4.79 Å². The third-order valence-electron chi connectivity index (χ3n) is 5.84. The highest BCUT2D eigenvalue weighted by atomic mass is 35.5. The van der Waals surface area contributed by atoms with Gasteiger partial charge in [-0.2, -0.15) is 0 Å².